The van der Waals surface area contributed by atoms with Gasteiger partial charge in [-0.3, -0.25) is 14.9 Å². The summed E-state index contributed by atoms with van der Waals surface area (Å²) in [5.41, 5.74) is 0.280. The molecule has 1 amide bonds. The first kappa shape index (κ1) is 14.4. The van der Waals surface area contributed by atoms with Crippen LogP contribution in [0.1, 0.15) is 6.92 Å². The molecule has 0 unspecified atom stereocenters. The third-order valence-electron chi connectivity index (χ3n) is 2.20. The average molecular weight is 262 g/mol. The van der Waals surface area contributed by atoms with Crippen molar-refractivity contribution in [3.8, 4) is 5.75 Å². The molecule has 1 aromatic rings. The van der Waals surface area contributed by atoms with E-state index >= 15 is 0 Å². The van der Waals surface area contributed by atoms with Crippen molar-refractivity contribution in [1.82, 2.24) is 0 Å². The quantitative estimate of drug-likeness (QED) is 0.383. The lowest BCUT2D eigenvalue weighted by Crippen LogP contribution is -2.09. The van der Waals surface area contributed by atoms with E-state index in [1.54, 1.807) is 18.2 Å². The summed E-state index contributed by atoms with van der Waals surface area (Å²) in [5, 5.41) is 13.2. The molecule has 0 radical (unpaired) electrons. The average Bonchev–Trinajstić information content (AvgIpc) is 2.39. The number of hydrogen-bond donors (Lipinski definition) is 1. The molecule has 0 bridgehead atoms. The van der Waals surface area contributed by atoms with E-state index in [2.05, 4.69) is 5.32 Å². The zero-order valence-corrected chi connectivity index (χ0v) is 10.6. The number of nitrogens with one attached hydrogen (secondary N) is 1. The SMILES string of the molecule is C/C=C/C=C/C(=O)Nc1ccc([N+](=O)[O-])cc1OC. The topological polar surface area (TPSA) is 81.5 Å². The first-order valence-corrected chi connectivity index (χ1v) is 5.51. The maximum atomic E-state index is 11.6. The van der Waals surface area contributed by atoms with Gasteiger partial charge in [0.2, 0.25) is 5.91 Å². The minimum Gasteiger partial charge on any atom is -0.494 e. The molecule has 0 aliphatic rings. The Balaban J connectivity index is 2.89. The minimum atomic E-state index is -0.528. The normalized spacial score (nSPS) is 10.8. The van der Waals surface area contributed by atoms with Gasteiger partial charge in [0, 0.05) is 12.1 Å². The second-order valence-corrected chi connectivity index (χ2v) is 3.52. The van der Waals surface area contributed by atoms with E-state index in [0.29, 0.717) is 5.69 Å². The molecule has 1 aromatic carbocycles. The number of nitro groups is 1. The lowest BCUT2D eigenvalue weighted by molar-refractivity contribution is -0.384. The van der Waals surface area contributed by atoms with E-state index < -0.39 is 4.92 Å². The second kappa shape index (κ2) is 6.95. The molecule has 100 valence electrons. The Morgan fingerprint density at radius 1 is 1.42 bits per heavy atom. The Hall–Kier alpha value is -2.63. The van der Waals surface area contributed by atoms with Gasteiger partial charge in [0.15, 0.2) is 0 Å². The molecular weight excluding hydrogens is 248 g/mol. The highest BCUT2D eigenvalue weighted by Crippen LogP contribution is 2.28. The van der Waals surface area contributed by atoms with E-state index in [9.17, 15) is 14.9 Å². The highest BCUT2D eigenvalue weighted by Gasteiger charge is 2.12. The number of rotatable bonds is 5. The highest BCUT2D eigenvalue weighted by molar-refractivity contribution is 6.00. The van der Waals surface area contributed by atoms with Crippen molar-refractivity contribution in [3.63, 3.8) is 0 Å². The third kappa shape index (κ3) is 4.27. The lowest BCUT2D eigenvalue weighted by Gasteiger charge is -2.08. The number of methoxy groups -OCH3 is 1. The van der Waals surface area contributed by atoms with Crippen LogP contribution in [0.2, 0.25) is 0 Å². The number of hydrogen-bond acceptors (Lipinski definition) is 4. The van der Waals surface area contributed by atoms with Gasteiger partial charge in [0.1, 0.15) is 5.75 Å². The molecule has 6 heteroatoms. The first-order valence-electron chi connectivity index (χ1n) is 5.51. The van der Waals surface area contributed by atoms with Crippen LogP contribution in [-0.4, -0.2) is 17.9 Å². The van der Waals surface area contributed by atoms with Crippen LogP contribution in [0, 0.1) is 10.1 Å². The van der Waals surface area contributed by atoms with Crippen molar-refractivity contribution in [2.24, 2.45) is 0 Å². The summed E-state index contributed by atoms with van der Waals surface area (Å²) in [6.07, 6.45) is 6.44. The fourth-order valence-corrected chi connectivity index (χ4v) is 1.33. The number of allylic oxidation sites excluding steroid dienone is 3. The van der Waals surface area contributed by atoms with Gasteiger partial charge in [-0.2, -0.15) is 0 Å². The molecule has 6 nitrogen and oxygen atoms in total. The number of benzene rings is 1. The molecule has 19 heavy (non-hydrogen) atoms. The van der Waals surface area contributed by atoms with Crippen molar-refractivity contribution in [2.45, 2.75) is 6.92 Å². The monoisotopic (exact) mass is 262 g/mol. The van der Waals surface area contributed by atoms with Gasteiger partial charge >= 0.3 is 0 Å². The number of carbonyl (C=O) groups excluding carboxylic acids is 1. The van der Waals surface area contributed by atoms with Crippen LogP contribution in [0.25, 0.3) is 0 Å². The van der Waals surface area contributed by atoms with E-state index in [0.717, 1.165) is 0 Å². The molecule has 0 spiro atoms. The van der Waals surface area contributed by atoms with Crippen LogP contribution in [0.4, 0.5) is 11.4 Å². The van der Waals surface area contributed by atoms with Crippen LogP contribution in [0.15, 0.2) is 42.5 Å². The van der Waals surface area contributed by atoms with Gasteiger partial charge < -0.3 is 10.1 Å². The van der Waals surface area contributed by atoms with Gasteiger partial charge in [-0.15, -0.1) is 0 Å². The highest BCUT2D eigenvalue weighted by atomic mass is 16.6. The minimum absolute atomic E-state index is 0.0979. The van der Waals surface area contributed by atoms with Crippen LogP contribution in [0.5, 0.6) is 5.75 Å². The molecule has 1 rings (SSSR count). The van der Waals surface area contributed by atoms with Gasteiger partial charge in [-0.25, -0.2) is 0 Å². The van der Waals surface area contributed by atoms with E-state index in [4.69, 9.17) is 4.74 Å². The lowest BCUT2D eigenvalue weighted by atomic mass is 10.2. The summed E-state index contributed by atoms with van der Waals surface area (Å²) >= 11 is 0. The van der Waals surface area contributed by atoms with Crippen LogP contribution >= 0.6 is 0 Å². The number of non-ortho nitro benzene ring substituents is 1. The summed E-state index contributed by atoms with van der Waals surface area (Å²) in [6.45, 7) is 1.83. The van der Waals surface area contributed by atoms with Crippen molar-refractivity contribution < 1.29 is 14.5 Å². The molecule has 0 saturated carbocycles. The van der Waals surface area contributed by atoms with Crippen molar-refractivity contribution in [1.29, 1.82) is 0 Å². The number of nitrogens with zero attached hydrogens (tertiary/aromatic N) is 1. The largest absolute Gasteiger partial charge is 0.494 e. The Kier molecular flexibility index (Phi) is 5.28. The van der Waals surface area contributed by atoms with E-state index in [1.807, 2.05) is 6.92 Å². The first-order chi connectivity index (χ1) is 9.08. The molecule has 0 aliphatic carbocycles. The fraction of sp³-hybridized carbons (Fsp3) is 0.154. The summed E-state index contributed by atoms with van der Waals surface area (Å²) in [6, 6.07) is 3.98. The number of carbonyl (C=O) groups is 1. The number of amides is 1. The van der Waals surface area contributed by atoms with Crippen molar-refractivity contribution in [3.05, 3.63) is 52.6 Å². The van der Waals surface area contributed by atoms with E-state index in [1.165, 1.54) is 31.4 Å². The maximum Gasteiger partial charge on any atom is 0.273 e. The van der Waals surface area contributed by atoms with Crippen molar-refractivity contribution in [2.75, 3.05) is 12.4 Å². The zero-order chi connectivity index (χ0) is 14.3. The molecule has 0 aliphatic heterocycles. The summed E-state index contributed by atoms with van der Waals surface area (Å²) in [5.74, 6) is -0.104. The third-order valence-corrected chi connectivity index (χ3v) is 2.20. The molecule has 0 saturated heterocycles. The van der Waals surface area contributed by atoms with Gasteiger partial charge in [-0.05, 0) is 13.0 Å². The summed E-state index contributed by atoms with van der Waals surface area (Å²) in [7, 11) is 1.38. The number of anilines is 1. The van der Waals surface area contributed by atoms with Gasteiger partial charge in [0.25, 0.3) is 5.69 Å². The smallest absolute Gasteiger partial charge is 0.273 e. The molecule has 0 atom stereocenters. The number of nitro benzene ring substituents is 1. The van der Waals surface area contributed by atoms with Gasteiger partial charge in [0.05, 0.1) is 23.8 Å². The molecule has 0 heterocycles. The fourth-order valence-electron chi connectivity index (χ4n) is 1.33. The molecule has 0 fully saturated rings. The predicted molar refractivity (Wildman–Crippen MR) is 72.2 cm³/mol. The van der Waals surface area contributed by atoms with E-state index in [-0.39, 0.29) is 17.3 Å². The zero-order valence-electron chi connectivity index (χ0n) is 10.6. The number of ether oxygens (including phenoxy) is 1. The standard InChI is InChI=1S/C13H14N2O4/c1-3-4-5-6-13(16)14-11-8-7-10(15(17)18)9-12(11)19-2/h3-9H,1-2H3,(H,14,16)/b4-3+,6-5+. The molecular formula is C13H14N2O4. The maximum absolute atomic E-state index is 11.6. The van der Waals surface area contributed by atoms with Crippen LogP contribution in [0.3, 0.4) is 0 Å². The van der Waals surface area contributed by atoms with Crippen LogP contribution in [-0.2, 0) is 4.79 Å². The summed E-state index contributed by atoms with van der Waals surface area (Å²) in [4.78, 5) is 21.6. The summed E-state index contributed by atoms with van der Waals surface area (Å²) < 4.78 is 5.01. The second-order valence-electron chi connectivity index (χ2n) is 3.52. The predicted octanol–water partition coefficient (Wildman–Crippen LogP) is 2.67. The van der Waals surface area contributed by atoms with Crippen molar-refractivity contribution >= 4 is 17.3 Å². The van der Waals surface area contributed by atoms with Crippen LogP contribution < -0.4 is 10.1 Å². The Bertz CT molecular complexity index is 535. The Morgan fingerprint density at radius 2 is 2.16 bits per heavy atom. The Morgan fingerprint density at radius 3 is 2.74 bits per heavy atom. The van der Waals surface area contributed by atoms with Gasteiger partial charge in [-0.1, -0.05) is 18.2 Å². The molecule has 1 N–H and O–H groups in total. The molecule has 0 aromatic heterocycles. The Labute approximate surface area is 110 Å².